The molecule has 20 heavy (non-hydrogen) atoms. The van der Waals surface area contributed by atoms with Crippen molar-refractivity contribution in [3.63, 3.8) is 0 Å². The molecule has 0 aliphatic rings. The number of nitrogens with one attached hydrogen (secondary N) is 2. The summed E-state index contributed by atoms with van der Waals surface area (Å²) in [5.41, 5.74) is 2.62. The van der Waals surface area contributed by atoms with Crippen LogP contribution < -0.4 is 10.6 Å². The van der Waals surface area contributed by atoms with Gasteiger partial charge in [0.25, 0.3) is 0 Å². The van der Waals surface area contributed by atoms with Crippen LogP contribution in [0.15, 0.2) is 18.2 Å². The molecular weight excluding hydrogens is 256 g/mol. The normalized spacial score (nSPS) is 10.2. The van der Waals surface area contributed by atoms with Gasteiger partial charge in [-0.3, -0.25) is 9.59 Å². The quantitative estimate of drug-likeness (QED) is 0.616. The van der Waals surface area contributed by atoms with Crippen molar-refractivity contribution >= 4 is 17.5 Å². The summed E-state index contributed by atoms with van der Waals surface area (Å²) < 4.78 is 5.15. The van der Waals surface area contributed by atoms with E-state index < -0.39 is 11.8 Å². The van der Waals surface area contributed by atoms with Crippen LogP contribution in [0.2, 0.25) is 0 Å². The van der Waals surface area contributed by atoms with E-state index in [1.165, 1.54) is 0 Å². The summed E-state index contributed by atoms with van der Waals surface area (Å²) in [6.07, 6.45) is 0.691. The second-order valence-electron chi connectivity index (χ2n) is 4.58. The topological polar surface area (TPSA) is 67.4 Å². The van der Waals surface area contributed by atoms with E-state index in [1.54, 1.807) is 0 Å². The Morgan fingerprint density at radius 3 is 2.65 bits per heavy atom. The molecule has 0 saturated heterocycles. The van der Waals surface area contributed by atoms with Crippen LogP contribution in [-0.4, -0.2) is 31.6 Å². The molecule has 0 aliphatic heterocycles. The van der Waals surface area contributed by atoms with Gasteiger partial charge in [-0.15, -0.1) is 0 Å². The number of hydrogen-bond acceptors (Lipinski definition) is 3. The Bertz CT molecular complexity index is 472. The van der Waals surface area contributed by atoms with E-state index >= 15 is 0 Å². The number of ether oxygens (including phenoxy) is 1. The molecule has 2 amide bonds. The first-order valence-corrected chi connectivity index (χ1v) is 6.78. The summed E-state index contributed by atoms with van der Waals surface area (Å²) in [7, 11) is 0. The van der Waals surface area contributed by atoms with Crippen LogP contribution in [0.1, 0.15) is 24.5 Å². The Balaban J connectivity index is 2.41. The number of carbonyl (C=O) groups excluding carboxylic acids is 2. The van der Waals surface area contributed by atoms with E-state index in [0.29, 0.717) is 31.9 Å². The summed E-state index contributed by atoms with van der Waals surface area (Å²) in [6, 6.07) is 5.71. The van der Waals surface area contributed by atoms with Crippen LogP contribution in [0.5, 0.6) is 0 Å². The van der Waals surface area contributed by atoms with Gasteiger partial charge in [-0.05, 0) is 44.4 Å². The number of rotatable bonds is 6. The van der Waals surface area contributed by atoms with Crippen molar-refractivity contribution in [1.82, 2.24) is 5.32 Å². The third kappa shape index (κ3) is 5.40. The minimum atomic E-state index is -0.643. The van der Waals surface area contributed by atoms with Crippen molar-refractivity contribution in [3.05, 3.63) is 29.3 Å². The monoisotopic (exact) mass is 278 g/mol. The van der Waals surface area contributed by atoms with Crippen molar-refractivity contribution < 1.29 is 14.3 Å². The third-order valence-electron chi connectivity index (χ3n) is 2.80. The lowest BCUT2D eigenvalue weighted by Crippen LogP contribution is -2.36. The van der Waals surface area contributed by atoms with Gasteiger partial charge in [-0.2, -0.15) is 0 Å². The minimum absolute atomic E-state index is 0.430. The zero-order chi connectivity index (χ0) is 15.0. The van der Waals surface area contributed by atoms with Crippen molar-refractivity contribution in [2.24, 2.45) is 0 Å². The summed E-state index contributed by atoms with van der Waals surface area (Å²) in [6.45, 7) is 7.39. The fraction of sp³-hybridized carbons (Fsp3) is 0.467. The molecule has 0 radical (unpaired) electrons. The molecule has 1 aromatic rings. The van der Waals surface area contributed by atoms with Crippen LogP contribution in [0, 0.1) is 13.8 Å². The van der Waals surface area contributed by atoms with Gasteiger partial charge in [0.2, 0.25) is 0 Å². The maximum atomic E-state index is 11.7. The van der Waals surface area contributed by atoms with Gasteiger partial charge in [0.05, 0.1) is 0 Å². The van der Waals surface area contributed by atoms with Gasteiger partial charge in [-0.1, -0.05) is 12.1 Å². The Kier molecular flexibility index (Phi) is 6.73. The first-order valence-electron chi connectivity index (χ1n) is 6.78. The molecule has 1 rings (SSSR count). The SMILES string of the molecule is CCOCCCNC(=O)C(=O)Nc1cc(C)ccc1C. The molecule has 0 fully saturated rings. The van der Waals surface area contributed by atoms with Crippen LogP contribution in [-0.2, 0) is 14.3 Å². The molecule has 1 aromatic carbocycles. The molecule has 0 heterocycles. The highest BCUT2D eigenvalue weighted by molar-refractivity contribution is 6.39. The maximum Gasteiger partial charge on any atom is 0.313 e. The van der Waals surface area contributed by atoms with Crippen molar-refractivity contribution in [2.75, 3.05) is 25.1 Å². The average molecular weight is 278 g/mol. The number of amides is 2. The van der Waals surface area contributed by atoms with E-state index in [9.17, 15) is 9.59 Å². The summed E-state index contributed by atoms with van der Waals surface area (Å²) in [5.74, 6) is -1.27. The highest BCUT2D eigenvalue weighted by Gasteiger charge is 2.13. The zero-order valence-electron chi connectivity index (χ0n) is 12.3. The highest BCUT2D eigenvalue weighted by Crippen LogP contribution is 2.15. The predicted octanol–water partition coefficient (Wildman–Crippen LogP) is 1.78. The van der Waals surface area contributed by atoms with E-state index in [4.69, 9.17) is 4.74 Å². The van der Waals surface area contributed by atoms with Crippen molar-refractivity contribution in [1.29, 1.82) is 0 Å². The fourth-order valence-corrected chi connectivity index (χ4v) is 1.65. The molecule has 5 heteroatoms. The minimum Gasteiger partial charge on any atom is -0.382 e. The van der Waals surface area contributed by atoms with E-state index in [1.807, 2.05) is 39.0 Å². The predicted molar refractivity (Wildman–Crippen MR) is 78.7 cm³/mol. The Morgan fingerprint density at radius 1 is 1.20 bits per heavy atom. The Morgan fingerprint density at radius 2 is 1.95 bits per heavy atom. The molecule has 0 aromatic heterocycles. The number of aryl methyl sites for hydroxylation is 2. The van der Waals surface area contributed by atoms with Gasteiger partial charge < -0.3 is 15.4 Å². The Hall–Kier alpha value is -1.88. The van der Waals surface area contributed by atoms with Crippen LogP contribution >= 0.6 is 0 Å². The lowest BCUT2D eigenvalue weighted by molar-refractivity contribution is -0.136. The molecule has 0 bridgehead atoms. The first-order chi connectivity index (χ1) is 9.54. The summed E-state index contributed by atoms with van der Waals surface area (Å²) >= 11 is 0. The Labute approximate surface area is 119 Å². The molecule has 5 nitrogen and oxygen atoms in total. The molecule has 110 valence electrons. The molecule has 0 saturated carbocycles. The van der Waals surface area contributed by atoms with Gasteiger partial charge >= 0.3 is 11.8 Å². The average Bonchev–Trinajstić information content (AvgIpc) is 2.42. The first kappa shape index (κ1) is 16.2. The van der Waals surface area contributed by atoms with Gasteiger partial charge in [0, 0.05) is 25.4 Å². The van der Waals surface area contributed by atoms with Gasteiger partial charge in [0.1, 0.15) is 0 Å². The smallest absolute Gasteiger partial charge is 0.313 e. The molecule has 0 aliphatic carbocycles. The molecular formula is C15H22N2O3. The largest absolute Gasteiger partial charge is 0.382 e. The van der Waals surface area contributed by atoms with Crippen LogP contribution in [0.3, 0.4) is 0 Å². The fourth-order valence-electron chi connectivity index (χ4n) is 1.65. The summed E-state index contributed by atoms with van der Waals surface area (Å²) in [4.78, 5) is 23.4. The lowest BCUT2D eigenvalue weighted by atomic mass is 10.1. The molecule has 0 atom stereocenters. The molecule has 2 N–H and O–H groups in total. The second kappa shape index (κ2) is 8.32. The van der Waals surface area contributed by atoms with E-state index in [-0.39, 0.29) is 0 Å². The molecule has 0 spiro atoms. The number of hydrogen-bond donors (Lipinski definition) is 2. The number of anilines is 1. The van der Waals surface area contributed by atoms with Crippen LogP contribution in [0.4, 0.5) is 5.69 Å². The van der Waals surface area contributed by atoms with E-state index in [2.05, 4.69) is 10.6 Å². The van der Waals surface area contributed by atoms with Crippen molar-refractivity contribution in [3.8, 4) is 0 Å². The van der Waals surface area contributed by atoms with Crippen molar-refractivity contribution in [2.45, 2.75) is 27.2 Å². The summed E-state index contributed by atoms with van der Waals surface area (Å²) in [5, 5.41) is 5.19. The number of benzene rings is 1. The second-order valence-corrected chi connectivity index (χ2v) is 4.58. The van der Waals surface area contributed by atoms with E-state index in [0.717, 1.165) is 11.1 Å². The third-order valence-corrected chi connectivity index (χ3v) is 2.80. The van der Waals surface area contributed by atoms with Gasteiger partial charge in [0.15, 0.2) is 0 Å². The van der Waals surface area contributed by atoms with Gasteiger partial charge in [-0.25, -0.2) is 0 Å². The lowest BCUT2D eigenvalue weighted by Gasteiger charge is -2.09. The molecule has 0 unspecified atom stereocenters. The standard InChI is InChI=1S/C15H22N2O3/c1-4-20-9-5-8-16-14(18)15(19)17-13-10-11(2)6-7-12(13)3/h6-7,10H,4-5,8-9H2,1-3H3,(H,16,18)(H,17,19). The number of carbonyl (C=O) groups is 2. The van der Waals surface area contributed by atoms with Crippen LogP contribution in [0.25, 0.3) is 0 Å². The highest BCUT2D eigenvalue weighted by atomic mass is 16.5. The maximum absolute atomic E-state index is 11.7. The zero-order valence-corrected chi connectivity index (χ0v) is 12.3.